The Balaban J connectivity index is 3.03. The van der Waals surface area contributed by atoms with Gasteiger partial charge < -0.3 is 10.8 Å². The van der Waals surface area contributed by atoms with E-state index < -0.39 is 6.43 Å². The van der Waals surface area contributed by atoms with Gasteiger partial charge in [0.2, 0.25) is 0 Å². The van der Waals surface area contributed by atoms with Crippen molar-refractivity contribution >= 4 is 0 Å². The lowest BCUT2D eigenvalue weighted by molar-refractivity contribution is 0.147. The average Bonchev–Trinajstić information content (AvgIpc) is 2.08. The van der Waals surface area contributed by atoms with Gasteiger partial charge in [0.05, 0.1) is 5.56 Å². The van der Waals surface area contributed by atoms with Crippen molar-refractivity contribution < 1.29 is 13.9 Å². The molecule has 0 heterocycles. The third-order valence-corrected chi connectivity index (χ3v) is 1.80. The Morgan fingerprint density at radius 1 is 1.38 bits per heavy atom. The zero-order chi connectivity index (χ0) is 9.84. The number of nitrogens with two attached hydrogens (primary N) is 1. The molecule has 0 fully saturated rings. The first-order chi connectivity index (χ1) is 6.16. The quantitative estimate of drug-likeness (QED) is 0.758. The van der Waals surface area contributed by atoms with Gasteiger partial charge in [-0.05, 0) is 24.6 Å². The maximum atomic E-state index is 12.3. The first kappa shape index (κ1) is 9.92. The zero-order valence-electron chi connectivity index (χ0n) is 7.00. The fourth-order valence-corrected chi connectivity index (χ4v) is 1.14. The second kappa shape index (κ2) is 4.18. The van der Waals surface area contributed by atoms with Crippen molar-refractivity contribution in [3.8, 4) is 5.75 Å². The predicted molar refractivity (Wildman–Crippen MR) is 45.8 cm³/mol. The van der Waals surface area contributed by atoms with Gasteiger partial charge >= 0.3 is 0 Å². The molecule has 3 N–H and O–H groups in total. The first-order valence-electron chi connectivity index (χ1n) is 3.95. The highest BCUT2D eigenvalue weighted by molar-refractivity contribution is 5.41. The number of alkyl halides is 2. The van der Waals surface area contributed by atoms with E-state index in [1.807, 2.05) is 0 Å². The van der Waals surface area contributed by atoms with E-state index in [9.17, 15) is 13.9 Å². The molecule has 0 radical (unpaired) electrons. The second-order valence-electron chi connectivity index (χ2n) is 2.69. The standard InChI is InChI=1S/C9H11F2NO/c10-9(11)7-3-1-2-6(4-5-12)8(7)13/h1-3,9,13H,4-5,12H2. The summed E-state index contributed by atoms with van der Waals surface area (Å²) in [6.07, 6.45) is -2.23. The molecule has 4 heteroatoms. The lowest BCUT2D eigenvalue weighted by atomic mass is 10.1. The molecule has 0 aliphatic heterocycles. The Morgan fingerprint density at radius 2 is 2.08 bits per heavy atom. The summed E-state index contributed by atoms with van der Waals surface area (Å²) in [5, 5.41) is 9.35. The van der Waals surface area contributed by atoms with Crippen molar-refractivity contribution in [2.45, 2.75) is 12.8 Å². The van der Waals surface area contributed by atoms with Gasteiger partial charge in [-0.25, -0.2) is 8.78 Å². The molecule has 0 saturated heterocycles. The minimum absolute atomic E-state index is 0.328. The van der Waals surface area contributed by atoms with Crippen molar-refractivity contribution in [1.82, 2.24) is 0 Å². The molecule has 72 valence electrons. The minimum Gasteiger partial charge on any atom is -0.507 e. The van der Waals surface area contributed by atoms with E-state index in [2.05, 4.69) is 0 Å². The van der Waals surface area contributed by atoms with E-state index in [-0.39, 0.29) is 11.3 Å². The number of rotatable bonds is 3. The van der Waals surface area contributed by atoms with Crippen molar-refractivity contribution in [1.29, 1.82) is 0 Å². The van der Waals surface area contributed by atoms with Crippen LogP contribution in [-0.2, 0) is 6.42 Å². The lowest BCUT2D eigenvalue weighted by Gasteiger charge is -2.07. The van der Waals surface area contributed by atoms with Crippen LogP contribution in [0.4, 0.5) is 8.78 Å². The molecule has 1 rings (SSSR count). The molecule has 0 bridgehead atoms. The smallest absolute Gasteiger partial charge is 0.267 e. The number of aromatic hydroxyl groups is 1. The number of phenols is 1. The number of hydrogen-bond donors (Lipinski definition) is 2. The fraction of sp³-hybridized carbons (Fsp3) is 0.333. The fourth-order valence-electron chi connectivity index (χ4n) is 1.14. The average molecular weight is 187 g/mol. The summed E-state index contributed by atoms with van der Waals surface area (Å²) >= 11 is 0. The van der Waals surface area contributed by atoms with Gasteiger partial charge in [-0.3, -0.25) is 0 Å². The molecule has 2 nitrogen and oxygen atoms in total. The van der Waals surface area contributed by atoms with Crippen LogP contribution >= 0.6 is 0 Å². The highest BCUT2D eigenvalue weighted by Crippen LogP contribution is 2.30. The van der Waals surface area contributed by atoms with Crippen LogP contribution in [-0.4, -0.2) is 11.7 Å². The molecule has 0 spiro atoms. The van der Waals surface area contributed by atoms with Crippen molar-refractivity contribution in [3.63, 3.8) is 0 Å². The Labute approximate surface area is 75.0 Å². The molecule has 0 amide bonds. The first-order valence-corrected chi connectivity index (χ1v) is 3.95. The van der Waals surface area contributed by atoms with Crippen molar-refractivity contribution in [3.05, 3.63) is 29.3 Å². The highest BCUT2D eigenvalue weighted by atomic mass is 19.3. The maximum Gasteiger partial charge on any atom is 0.267 e. The van der Waals surface area contributed by atoms with Crippen LogP contribution in [0.1, 0.15) is 17.6 Å². The maximum absolute atomic E-state index is 12.3. The van der Waals surface area contributed by atoms with Crippen LogP contribution in [0.3, 0.4) is 0 Å². The Kier molecular flexibility index (Phi) is 3.19. The monoisotopic (exact) mass is 187 g/mol. The zero-order valence-corrected chi connectivity index (χ0v) is 7.00. The second-order valence-corrected chi connectivity index (χ2v) is 2.69. The van der Waals surface area contributed by atoms with Gasteiger partial charge in [0, 0.05) is 0 Å². The molecular weight excluding hydrogens is 176 g/mol. The van der Waals surface area contributed by atoms with Crippen LogP contribution in [0.15, 0.2) is 18.2 Å². The third kappa shape index (κ3) is 2.15. The number of benzene rings is 1. The van der Waals surface area contributed by atoms with Crippen LogP contribution in [0.2, 0.25) is 0 Å². The summed E-state index contributed by atoms with van der Waals surface area (Å²) in [5.41, 5.74) is 5.40. The van der Waals surface area contributed by atoms with E-state index in [0.717, 1.165) is 0 Å². The third-order valence-electron chi connectivity index (χ3n) is 1.80. The number of halogens is 2. The summed E-state index contributed by atoms with van der Waals surface area (Å²) < 4.78 is 24.5. The summed E-state index contributed by atoms with van der Waals surface area (Å²) in [6, 6.07) is 4.29. The van der Waals surface area contributed by atoms with Gasteiger partial charge in [0.15, 0.2) is 0 Å². The topological polar surface area (TPSA) is 46.2 Å². The summed E-state index contributed by atoms with van der Waals surface area (Å²) in [4.78, 5) is 0. The van der Waals surface area contributed by atoms with Gasteiger partial charge in [-0.1, -0.05) is 12.1 Å². The molecule has 0 aliphatic rings. The SMILES string of the molecule is NCCc1cccc(C(F)F)c1O. The van der Waals surface area contributed by atoms with Crippen molar-refractivity contribution in [2.24, 2.45) is 5.73 Å². The van der Waals surface area contributed by atoms with E-state index >= 15 is 0 Å². The predicted octanol–water partition coefficient (Wildman–Crippen LogP) is 1.83. The van der Waals surface area contributed by atoms with E-state index in [4.69, 9.17) is 5.73 Å². The molecule has 0 atom stereocenters. The number of hydrogen-bond acceptors (Lipinski definition) is 2. The van der Waals surface area contributed by atoms with E-state index in [0.29, 0.717) is 18.5 Å². The highest BCUT2D eigenvalue weighted by Gasteiger charge is 2.14. The molecule has 0 saturated carbocycles. The normalized spacial score (nSPS) is 10.8. The molecule has 0 unspecified atom stereocenters. The molecule has 1 aromatic rings. The van der Waals surface area contributed by atoms with Gasteiger partial charge in [-0.2, -0.15) is 0 Å². The molecular formula is C9H11F2NO. The van der Waals surface area contributed by atoms with Gasteiger partial charge in [-0.15, -0.1) is 0 Å². The number of phenolic OH excluding ortho intramolecular Hbond substituents is 1. The minimum atomic E-state index is -2.64. The summed E-state index contributed by atoms with van der Waals surface area (Å²) in [5.74, 6) is -0.331. The van der Waals surface area contributed by atoms with Crippen LogP contribution in [0, 0.1) is 0 Å². The van der Waals surface area contributed by atoms with E-state index in [1.165, 1.54) is 12.1 Å². The Bertz CT molecular complexity index is 289. The van der Waals surface area contributed by atoms with Crippen LogP contribution in [0.5, 0.6) is 5.75 Å². The summed E-state index contributed by atoms with van der Waals surface area (Å²) in [6.45, 7) is 0.334. The number of para-hydroxylation sites is 1. The van der Waals surface area contributed by atoms with Gasteiger partial charge in [0.1, 0.15) is 5.75 Å². The van der Waals surface area contributed by atoms with E-state index in [1.54, 1.807) is 6.07 Å². The lowest BCUT2D eigenvalue weighted by Crippen LogP contribution is -2.03. The Hall–Kier alpha value is -1.16. The largest absolute Gasteiger partial charge is 0.507 e. The van der Waals surface area contributed by atoms with Crippen LogP contribution < -0.4 is 5.73 Å². The molecule has 1 aromatic carbocycles. The Morgan fingerprint density at radius 3 is 2.62 bits per heavy atom. The molecule has 0 aromatic heterocycles. The van der Waals surface area contributed by atoms with Gasteiger partial charge in [0.25, 0.3) is 6.43 Å². The summed E-state index contributed by atoms with van der Waals surface area (Å²) in [7, 11) is 0. The van der Waals surface area contributed by atoms with Crippen molar-refractivity contribution in [2.75, 3.05) is 6.54 Å². The van der Waals surface area contributed by atoms with Crippen LogP contribution in [0.25, 0.3) is 0 Å². The molecule has 13 heavy (non-hydrogen) atoms. The molecule has 0 aliphatic carbocycles.